The van der Waals surface area contributed by atoms with Crippen LogP contribution in [0.3, 0.4) is 0 Å². The number of nitrogens with one attached hydrogen (secondary N) is 1. The second-order valence-corrected chi connectivity index (χ2v) is 9.10. The van der Waals surface area contributed by atoms with Crippen LogP contribution in [0, 0.1) is 5.92 Å². The summed E-state index contributed by atoms with van der Waals surface area (Å²) in [5, 5.41) is 0. The number of allylic oxidation sites excluding steroid dienone is 1. The number of ether oxygens (including phenoxy) is 4. The van der Waals surface area contributed by atoms with Crippen LogP contribution in [0.15, 0.2) is 71.1 Å². The van der Waals surface area contributed by atoms with Crippen molar-refractivity contribution in [3.63, 3.8) is 0 Å². The number of carbonyl (C=O) groups is 2. The molecule has 0 aliphatic carbocycles. The van der Waals surface area contributed by atoms with Gasteiger partial charge in [0.2, 0.25) is 0 Å². The highest BCUT2D eigenvalue weighted by Crippen LogP contribution is 2.13. The average Bonchev–Trinajstić information content (AvgIpc) is 2.98. The second kappa shape index (κ2) is 19.0. The van der Waals surface area contributed by atoms with Gasteiger partial charge in [-0.25, -0.2) is 9.59 Å². The molecular formula is C30H43N3O8. The number of esters is 1. The minimum absolute atomic E-state index is 0.111. The van der Waals surface area contributed by atoms with Crippen LogP contribution in [0.25, 0.3) is 0 Å². The van der Waals surface area contributed by atoms with Crippen LogP contribution in [0.2, 0.25) is 0 Å². The number of benzene rings is 1. The van der Waals surface area contributed by atoms with E-state index in [1.165, 1.54) is 23.9 Å². The summed E-state index contributed by atoms with van der Waals surface area (Å²) in [6, 6.07) is 9.98. The van der Waals surface area contributed by atoms with E-state index in [0.717, 1.165) is 24.2 Å². The first-order valence-corrected chi connectivity index (χ1v) is 13.3. The van der Waals surface area contributed by atoms with Crippen molar-refractivity contribution in [1.29, 1.82) is 0 Å². The zero-order valence-electron chi connectivity index (χ0n) is 25.1. The van der Waals surface area contributed by atoms with Gasteiger partial charge in [-0.05, 0) is 50.8 Å². The number of methoxy groups -OCH3 is 3. The van der Waals surface area contributed by atoms with E-state index in [1.807, 2.05) is 27.7 Å². The van der Waals surface area contributed by atoms with Crippen molar-refractivity contribution in [2.24, 2.45) is 5.92 Å². The summed E-state index contributed by atoms with van der Waals surface area (Å²) >= 11 is 0. The molecule has 11 heteroatoms. The molecule has 1 unspecified atom stereocenters. The first kappa shape index (κ1) is 34.9. The third-order valence-electron chi connectivity index (χ3n) is 6.05. The minimum atomic E-state index is -0.586. The highest BCUT2D eigenvalue weighted by atomic mass is 16.7. The zero-order valence-corrected chi connectivity index (χ0v) is 25.1. The van der Waals surface area contributed by atoms with Gasteiger partial charge < -0.3 is 23.8 Å². The molecular weight excluding hydrogens is 530 g/mol. The van der Waals surface area contributed by atoms with E-state index in [2.05, 4.69) is 17.0 Å². The second-order valence-electron chi connectivity index (χ2n) is 9.10. The van der Waals surface area contributed by atoms with Crippen LogP contribution in [0.4, 0.5) is 5.82 Å². The number of nitrogens with zero attached hydrogens (tertiary/aromatic N) is 2. The molecule has 0 radical (unpaired) electrons. The average molecular weight is 574 g/mol. The van der Waals surface area contributed by atoms with Gasteiger partial charge in [-0.15, -0.1) is 0 Å². The summed E-state index contributed by atoms with van der Waals surface area (Å²) in [4.78, 5) is 45.0. The predicted octanol–water partition coefficient (Wildman–Crippen LogP) is 4.90. The van der Waals surface area contributed by atoms with Crippen molar-refractivity contribution in [3.8, 4) is 0 Å². The molecule has 1 N–H and O–H groups in total. The molecule has 41 heavy (non-hydrogen) atoms. The van der Waals surface area contributed by atoms with Crippen molar-refractivity contribution in [2.45, 2.75) is 59.6 Å². The molecule has 0 saturated carbocycles. The molecule has 1 heterocycles. The SMILES string of the molecule is C=C(OC)C(OC)=C(C)C.CCC(CC)C(=O)OCC(CCn1ccc(NOC(=O)c2ccccc2)nc1=O)OC. The summed E-state index contributed by atoms with van der Waals surface area (Å²) in [6.45, 7) is 11.9. The van der Waals surface area contributed by atoms with E-state index in [-0.39, 0.29) is 30.4 Å². The highest BCUT2D eigenvalue weighted by molar-refractivity contribution is 5.89. The van der Waals surface area contributed by atoms with E-state index < -0.39 is 11.7 Å². The molecule has 2 aromatic rings. The predicted molar refractivity (Wildman–Crippen MR) is 156 cm³/mol. The third-order valence-corrected chi connectivity index (χ3v) is 6.05. The summed E-state index contributed by atoms with van der Waals surface area (Å²) in [5.74, 6) is 0.488. The largest absolute Gasteiger partial charge is 0.494 e. The van der Waals surface area contributed by atoms with Gasteiger partial charge in [0.1, 0.15) is 6.61 Å². The molecule has 1 aromatic heterocycles. The fourth-order valence-electron chi connectivity index (χ4n) is 3.54. The van der Waals surface area contributed by atoms with Gasteiger partial charge in [0.05, 0.1) is 31.8 Å². The molecule has 1 atom stereocenters. The fraction of sp³-hybridized carbons (Fsp3) is 0.467. The molecule has 0 aliphatic heterocycles. The molecule has 1 aromatic carbocycles. The summed E-state index contributed by atoms with van der Waals surface area (Å²) in [6.07, 6.45) is 3.13. The lowest BCUT2D eigenvalue weighted by Crippen LogP contribution is -2.29. The number of rotatable bonds is 15. The van der Waals surface area contributed by atoms with E-state index in [1.54, 1.807) is 44.6 Å². The number of carbonyl (C=O) groups excluding carboxylic acids is 2. The number of aryl methyl sites for hydroxylation is 1. The number of anilines is 1. The Morgan fingerprint density at radius 1 is 1.02 bits per heavy atom. The number of hydrogen-bond acceptors (Lipinski definition) is 10. The van der Waals surface area contributed by atoms with Crippen molar-refractivity contribution < 1.29 is 33.4 Å². The molecule has 0 aliphatic rings. The smallest absolute Gasteiger partial charge is 0.362 e. The van der Waals surface area contributed by atoms with Crippen LogP contribution in [-0.2, 0) is 35.1 Å². The van der Waals surface area contributed by atoms with E-state index in [9.17, 15) is 14.4 Å². The van der Waals surface area contributed by atoms with Crippen LogP contribution in [-0.4, -0.2) is 55.5 Å². The van der Waals surface area contributed by atoms with Crippen molar-refractivity contribution in [3.05, 3.63) is 82.3 Å². The van der Waals surface area contributed by atoms with Gasteiger partial charge in [0.15, 0.2) is 17.3 Å². The lowest BCUT2D eigenvalue weighted by Gasteiger charge is -2.18. The monoisotopic (exact) mass is 573 g/mol. The highest BCUT2D eigenvalue weighted by Gasteiger charge is 2.18. The maximum Gasteiger partial charge on any atom is 0.362 e. The van der Waals surface area contributed by atoms with Crippen LogP contribution < -0.4 is 11.2 Å². The molecule has 0 spiro atoms. The third kappa shape index (κ3) is 12.3. The molecule has 0 bridgehead atoms. The van der Waals surface area contributed by atoms with Crippen molar-refractivity contribution >= 4 is 17.8 Å². The molecule has 0 amide bonds. The first-order chi connectivity index (χ1) is 19.6. The molecule has 0 fully saturated rings. The van der Waals surface area contributed by atoms with Gasteiger partial charge >= 0.3 is 17.6 Å². The quantitative estimate of drug-likeness (QED) is 0.136. The van der Waals surface area contributed by atoms with Gasteiger partial charge in [0, 0.05) is 25.9 Å². The molecule has 11 nitrogen and oxygen atoms in total. The minimum Gasteiger partial charge on any atom is -0.494 e. The van der Waals surface area contributed by atoms with Crippen molar-refractivity contribution in [1.82, 2.24) is 9.55 Å². The Labute approximate surface area is 242 Å². The molecule has 2 rings (SSSR count). The Morgan fingerprint density at radius 2 is 1.68 bits per heavy atom. The zero-order chi connectivity index (χ0) is 30.8. The Balaban J connectivity index is 0.000000716. The van der Waals surface area contributed by atoms with Gasteiger partial charge in [0.25, 0.3) is 0 Å². The summed E-state index contributed by atoms with van der Waals surface area (Å²) in [5.41, 5.74) is 3.31. The topological polar surface area (TPSA) is 127 Å². The Kier molecular flexibility index (Phi) is 16.2. The molecule has 0 saturated heterocycles. The van der Waals surface area contributed by atoms with Gasteiger partial charge in [-0.3, -0.25) is 9.36 Å². The summed E-state index contributed by atoms with van der Waals surface area (Å²) in [7, 11) is 4.71. The standard InChI is InChI=1S/C22H29N3O6.C8H14O2/c1-4-16(5-2)20(26)30-15-18(29-3)11-13-25-14-12-19(23-22(25)28)24-31-21(27)17-9-7-6-8-10-17;1-6(2)8(10-5)7(3)9-4/h6-10,12,14,16,18H,4-5,11,13,15H2,1-3H3,(H,23,24,28);3H2,1-2,4-5H3. The van der Waals surface area contributed by atoms with E-state index in [4.69, 9.17) is 23.8 Å². The van der Waals surface area contributed by atoms with E-state index >= 15 is 0 Å². The number of aromatic nitrogens is 2. The normalized spacial score (nSPS) is 10.9. The number of hydrogen-bond donors (Lipinski definition) is 1. The molecule has 226 valence electrons. The van der Waals surface area contributed by atoms with Gasteiger partial charge in [-0.2, -0.15) is 10.5 Å². The fourth-order valence-corrected chi connectivity index (χ4v) is 3.54. The van der Waals surface area contributed by atoms with E-state index in [0.29, 0.717) is 24.3 Å². The maximum atomic E-state index is 12.2. The Morgan fingerprint density at radius 3 is 2.17 bits per heavy atom. The Hall–Kier alpha value is -4.12. The van der Waals surface area contributed by atoms with Crippen LogP contribution in [0.1, 0.15) is 57.3 Å². The maximum absolute atomic E-state index is 12.2. The van der Waals surface area contributed by atoms with Crippen LogP contribution >= 0.6 is 0 Å². The lowest BCUT2D eigenvalue weighted by atomic mass is 10.0. The van der Waals surface area contributed by atoms with Crippen molar-refractivity contribution in [2.75, 3.05) is 33.4 Å². The van der Waals surface area contributed by atoms with Crippen LogP contribution in [0.5, 0.6) is 0 Å². The Bertz CT molecular complexity index is 1190. The first-order valence-electron chi connectivity index (χ1n) is 13.3. The lowest BCUT2D eigenvalue weighted by molar-refractivity contribution is -0.152. The van der Waals surface area contributed by atoms with Gasteiger partial charge in [-0.1, -0.05) is 38.6 Å². The summed E-state index contributed by atoms with van der Waals surface area (Å²) < 4.78 is 22.0.